The molecule has 4 rings (SSSR count). The summed E-state index contributed by atoms with van der Waals surface area (Å²) in [5.41, 5.74) is 0.0372. The topological polar surface area (TPSA) is 49.9 Å². The van der Waals surface area contributed by atoms with Crippen molar-refractivity contribution in [2.45, 2.75) is 38.5 Å². The van der Waals surface area contributed by atoms with Gasteiger partial charge in [0.2, 0.25) is 5.91 Å². The number of hydrogen-bond acceptors (Lipinski definition) is 3. The maximum Gasteiger partial charge on any atom is 0.253 e. The molecule has 1 atom stereocenters. The molecule has 0 aliphatic carbocycles. The van der Waals surface area contributed by atoms with Crippen LogP contribution in [-0.2, 0) is 4.79 Å². The highest BCUT2D eigenvalue weighted by molar-refractivity contribution is 6.30. The molecule has 2 fully saturated rings. The van der Waals surface area contributed by atoms with Crippen LogP contribution in [-0.4, -0.2) is 54.4 Å². The molecular weight excluding hydrogens is 443 g/mol. The number of amides is 2. The van der Waals surface area contributed by atoms with Gasteiger partial charge in [-0.1, -0.05) is 17.7 Å². The minimum absolute atomic E-state index is 0.0891. The summed E-state index contributed by atoms with van der Waals surface area (Å²) in [7, 11) is 0. The SMILES string of the molecule is O=C(CC1(COc2ccc(F)cc2)CCCN(C(=O)c2cccc(Cl)c2)C1)N1CCCCC1. The Morgan fingerprint density at radius 3 is 2.42 bits per heavy atom. The molecule has 2 aromatic carbocycles. The fourth-order valence-corrected chi connectivity index (χ4v) is 5.03. The Balaban J connectivity index is 1.53. The number of piperidine rings is 2. The molecule has 7 heteroatoms. The van der Waals surface area contributed by atoms with Crippen molar-refractivity contribution in [2.75, 3.05) is 32.8 Å². The van der Waals surface area contributed by atoms with Crippen LogP contribution in [0.1, 0.15) is 48.9 Å². The van der Waals surface area contributed by atoms with Gasteiger partial charge in [0.15, 0.2) is 0 Å². The van der Waals surface area contributed by atoms with Gasteiger partial charge in [0.05, 0.1) is 6.61 Å². The fourth-order valence-electron chi connectivity index (χ4n) is 4.84. The molecule has 2 aliphatic rings. The number of benzene rings is 2. The van der Waals surface area contributed by atoms with E-state index in [2.05, 4.69) is 0 Å². The van der Waals surface area contributed by atoms with E-state index in [1.807, 2.05) is 9.80 Å². The van der Waals surface area contributed by atoms with Crippen LogP contribution in [0, 0.1) is 11.2 Å². The first-order chi connectivity index (χ1) is 15.9. The van der Waals surface area contributed by atoms with Crippen molar-refractivity contribution in [1.82, 2.24) is 9.80 Å². The largest absolute Gasteiger partial charge is 0.493 e. The Kier molecular flexibility index (Phi) is 7.53. The Morgan fingerprint density at radius 1 is 0.970 bits per heavy atom. The summed E-state index contributed by atoms with van der Waals surface area (Å²) in [6.07, 6.45) is 5.12. The van der Waals surface area contributed by atoms with Crippen LogP contribution in [0.2, 0.25) is 5.02 Å². The fraction of sp³-hybridized carbons (Fsp3) is 0.462. The average molecular weight is 473 g/mol. The highest BCUT2D eigenvalue weighted by Gasteiger charge is 2.41. The first kappa shape index (κ1) is 23.6. The number of likely N-dealkylation sites (tertiary alicyclic amines) is 2. The molecule has 5 nitrogen and oxygen atoms in total. The Labute approximate surface area is 199 Å². The molecule has 0 saturated carbocycles. The molecule has 176 valence electrons. The van der Waals surface area contributed by atoms with Crippen molar-refractivity contribution in [3.8, 4) is 5.75 Å². The van der Waals surface area contributed by atoms with E-state index >= 15 is 0 Å². The van der Waals surface area contributed by atoms with Gasteiger partial charge in [0.1, 0.15) is 11.6 Å². The van der Waals surface area contributed by atoms with Crippen LogP contribution in [0.5, 0.6) is 5.75 Å². The average Bonchev–Trinajstić information content (AvgIpc) is 2.84. The summed E-state index contributed by atoms with van der Waals surface area (Å²) in [4.78, 5) is 30.2. The Morgan fingerprint density at radius 2 is 1.70 bits per heavy atom. The number of carbonyl (C=O) groups excluding carboxylic acids is 2. The number of carbonyl (C=O) groups is 2. The van der Waals surface area contributed by atoms with E-state index in [1.54, 1.807) is 36.4 Å². The summed E-state index contributed by atoms with van der Waals surface area (Å²) in [5.74, 6) is 0.260. The first-order valence-corrected chi connectivity index (χ1v) is 12.0. The number of hydrogen-bond donors (Lipinski definition) is 0. The highest BCUT2D eigenvalue weighted by Crippen LogP contribution is 2.36. The lowest BCUT2D eigenvalue weighted by atomic mass is 9.77. The van der Waals surface area contributed by atoms with Crippen LogP contribution in [0.25, 0.3) is 0 Å². The summed E-state index contributed by atoms with van der Waals surface area (Å²) < 4.78 is 19.4. The minimum Gasteiger partial charge on any atom is -0.493 e. The van der Waals surface area contributed by atoms with E-state index < -0.39 is 5.41 Å². The molecule has 2 aliphatic heterocycles. The van der Waals surface area contributed by atoms with E-state index in [1.165, 1.54) is 12.1 Å². The van der Waals surface area contributed by atoms with Crippen molar-refractivity contribution in [1.29, 1.82) is 0 Å². The summed E-state index contributed by atoms with van der Waals surface area (Å²) in [6, 6.07) is 12.8. The number of ether oxygens (including phenoxy) is 1. The quantitative estimate of drug-likeness (QED) is 0.581. The van der Waals surface area contributed by atoms with Crippen LogP contribution in [0.3, 0.4) is 0 Å². The lowest BCUT2D eigenvalue weighted by Gasteiger charge is -2.43. The molecule has 0 spiro atoms. The number of rotatable bonds is 6. The summed E-state index contributed by atoms with van der Waals surface area (Å²) in [5, 5.41) is 0.518. The lowest BCUT2D eigenvalue weighted by molar-refractivity contribution is -0.136. The van der Waals surface area contributed by atoms with Gasteiger partial charge >= 0.3 is 0 Å². The van der Waals surface area contributed by atoms with Gasteiger partial charge < -0.3 is 14.5 Å². The zero-order valence-corrected chi connectivity index (χ0v) is 19.5. The minimum atomic E-state index is -0.505. The third-order valence-electron chi connectivity index (χ3n) is 6.61. The Bertz CT molecular complexity index is 978. The molecule has 0 bridgehead atoms. The van der Waals surface area contributed by atoms with E-state index in [9.17, 15) is 14.0 Å². The maximum absolute atomic E-state index is 13.3. The molecule has 0 N–H and O–H groups in total. The van der Waals surface area contributed by atoms with Gasteiger partial charge in [-0.3, -0.25) is 9.59 Å². The van der Waals surface area contributed by atoms with Gasteiger partial charge in [-0.15, -0.1) is 0 Å². The van der Waals surface area contributed by atoms with Crippen molar-refractivity contribution in [3.05, 3.63) is 64.9 Å². The normalized spacial score (nSPS) is 21.0. The predicted molar refractivity (Wildman–Crippen MR) is 126 cm³/mol. The van der Waals surface area contributed by atoms with Gasteiger partial charge in [-0.25, -0.2) is 4.39 Å². The molecule has 2 saturated heterocycles. The van der Waals surface area contributed by atoms with Crippen LogP contribution in [0.4, 0.5) is 4.39 Å². The van der Waals surface area contributed by atoms with Gasteiger partial charge in [0.25, 0.3) is 5.91 Å². The van der Waals surface area contributed by atoms with E-state index in [0.717, 1.165) is 45.2 Å². The molecule has 2 amide bonds. The van der Waals surface area contributed by atoms with Crippen molar-refractivity contribution in [2.24, 2.45) is 5.41 Å². The second kappa shape index (κ2) is 10.6. The number of halogens is 2. The second-order valence-corrected chi connectivity index (χ2v) is 9.64. The first-order valence-electron chi connectivity index (χ1n) is 11.7. The third kappa shape index (κ3) is 6.05. The smallest absolute Gasteiger partial charge is 0.253 e. The monoisotopic (exact) mass is 472 g/mol. The molecule has 0 radical (unpaired) electrons. The number of nitrogens with zero attached hydrogens (tertiary/aromatic N) is 2. The third-order valence-corrected chi connectivity index (χ3v) is 6.85. The zero-order chi connectivity index (χ0) is 23.3. The summed E-state index contributed by atoms with van der Waals surface area (Å²) >= 11 is 6.10. The Hall–Kier alpha value is -2.60. The van der Waals surface area contributed by atoms with Crippen LogP contribution in [0.15, 0.2) is 48.5 Å². The van der Waals surface area contributed by atoms with Crippen molar-refractivity contribution < 1.29 is 18.7 Å². The zero-order valence-electron chi connectivity index (χ0n) is 18.8. The molecule has 2 aromatic rings. The van der Waals surface area contributed by atoms with Gasteiger partial charge in [0, 0.05) is 48.6 Å². The van der Waals surface area contributed by atoms with E-state index in [0.29, 0.717) is 35.8 Å². The molecule has 2 heterocycles. The van der Waals surface area contributed by atoms with Gasteiger partial charge in [-0.2, -0.15) is 0 Å². The lowest BCUT2D eigenvalue weighted by Crippen LogP contribution is -2.51. The van der Waals surface area contributed by atoms with E-state index in [-0.39, 0.29) is 24.2 Å². The van der Waals surface area contributed by atoms with Crippen LogP contribution < -0.4 is 4.74 Å². The predicted octanol–water partition coefficient (Wildman–Crippen LogP) is 5.18. The van der Waals surface area contributed by atoms with E-state index in [4.69, 9.17) is 16.3 Å². The molecule has 0 aromatic heterocycles. The van der Waals surface area contributed by atoms with Gasteiger partial charge in [-0.05, 0) is 74.6 Å². The highest BCUT2D eigenvalue weighted by atomic mass is 35.5. The summed E-state index contributed by atoms with van der Waals surface area (Å²) in [6.45, 7) is 2.93. The van der Waals surface area contributed by atoms with Crippen molar-refractivity contribution in [3.63, 3.8) is 0 Å². The molecule has 1 unspecified atom stereocenters. The molecule has 33 heavy (non-hydrogen) atoms. The maximum atomic E-state index is 13.3. The van der Waals surface area contributed by atoms with Crippen LogP contribution >= 0.6 is 11.6 Å². The standard InChI is InChI=1S/C26H30ClFN2O3/c27-21-7-4-6-20(16-21)25(32)30-15-5-12-26(18-30,17-24(31)29-13-2-1-3-14-29)19-33-23-10-8-22(28)9-11-23/h4,6-11,16H,1-3,5,12-15,17-19H2. The van der Waals surface area contributed by atoms with Crippen molar-refractivity contribution >= 4 is 23.4 Å². The molecular formula is C26H30ClFN2O3. The second-order valence-electron chi connectivity index (χ2n) is 9.20.